The topological polar surface area (TPSA) is 55.1 Å². The molecule has 1 aliphatic carbocycles. The zero-order valence-corrected chi connectivity index (χ0v) is 9.40. The molecule has 0 aromatic carbocycles. The third-order valence-electron chi connectivity index (χ3n) is 2.82. The van der Waals surface area contributed by atoms with E-state index in [1.54, 1.807) is 6.07 Å². The predicted octanol–water partition coefficient (Wildman–Crippen LogP) is 1.90. The Balaban J connectivity index is 1.98. The number of nitrogens with one attached hydrogen (secondary N) is 1. The van der Waals surface area contributed by atoms with Gasteiger partial charge in [0, 0.05) is 0 Å². The third kappa shape index (κ3) is 2.58. The smallest absolute Gasteiger partial charge is 0.254 e. The van der Waals surface area contributed by atoms with Gasteiger partial charge in [-0.2, -0.15) is 0 Å². The second-order valence-electron chi connectivity index (χ2n) is 4.11. The van der Waals surface area contributed by atoms with Crippen LogP contribution in [0.25, 0.3) is 0 Å². The van der Waals surface area contributed by atoms with Crippen LogP contribution in [0.4, 0.5) is 0 Å². The van der Waals surface area contributed by atoms with Crippen LogP contribution in [0.15, 0.2) is 11.4 Å². The summed E-state index contributed by atoms with van der Waals surface area (Å²) in [5, 5.41) is 7.68. The van der Waals surface area contributed by atoms with Crippen LogP contribution in [0, 0.1) is 5.38 Å². The first-order chi connectivity index (χ1) is 7.20. The highest BCUT2D eigenvalue weighted by Crippen LogP contribution is 2.23. The normalized spacial score (nSPS) is 19.8. The van der Waals surface area contributed by atoms with Crippen molar-refractivity contribution in [3.8, 4) is 0 Å². The Hall–Kier alpha value is -0.870. The van der Waals surface area contributed by atoms with Crippen molar-refractivity contribution in [1.82, 2.24) is 5.32 Å². The van der Waals surface area contributed by atoms with Gasteiger partial charge in [0.05, 0.1) is 16.6 Å². The third-order valence-corrected chi connectivity index (χ3v) is 3.43. The van der Waals surface area contributed by atoms with Crippen LogP contribution in [0.3, 0.4) is 0 Å². The van der Waals surface area contributed by atoms with Crippen LogP contribution < -0.4 is 11.1 Å². The molecule has 3 N–H and O–H groups in total. The molecule has 1 aliphatic rings. The summed E-state index contributed by atoms with van der Waals surface area (Å²) in [5.74, 6) is -0.0966. The number of hydrogen-bond donors (Lipinski definition) is 2. The van der Waals surface area contributed by atoms with Crippen LogP contribution in [0.5, 0.6) is 0 Å². The van der Waals surface area contributed by atoms with E-state index in [0.717, 1.165) is 25.7 Å². The van der Waals surface area contributed by atoms with Gasteiger partial charge in [0.2, 0.25) is 0 Å². The van der Waals surface area contributed by atoms with Gasteiger partial charge >= 0.3 is 0 Å². The maximum atomic E-state index is 11.8. The zero-order chi connectivity index (χ0) is 10.7. The van der Waals surface area contributed by atoms with Crippen molar-refractivity contribution in [2.45, 2.75) is 37.8 Å². The lowest BCUT2D eigenvalue weighted by Gasteiger charge is -2.34. The lowest BCUT2D eigenvalue weighted by Crippen LogP contribution is -2.56. The molecule has 0 aliphatic heterocycles. The van der Waals surface area contributed by atoms with Gasteiger partial charge in [-0.1, -0.05) is 6.42 Å². The number of amides is 1. The first-order valence-electron chi connectivity index (χ1n) is 5.26. The molecule has 1 amide bonds. The van der Waals surface area contributed by atoms with E-state index in [4.69, 9.17) is 5.73 Å². The van der Waals surface area contributed by atoms with E-state index in [1.165, 1.54) is 17.8 Å². The largest absolute Gasteiger partial charge is 0.334 e. The molecule has 0 atom stereocenters. The molecule has 0 unspecified atom stereocenters. The Morgan fingerprint density at radius 3 is 2.80 bits per heavy atom. The quantitative estimate of drug-likeness (QED) is 0.752. The molecule has 1 fully saturated rings. The van der Waals surface area contributed by atoms with Gasteiger partial charge in [-0.25, -0.2) is 0 Å². The van der Waals surface area contributed by atoms with Gasteiger partial charge in [0.25, 0.3) is 5.91 Å². The minimum Gasteiger partial charge on any atom is -0.334 e. The molecule has 1 aromatic rings. The fourth-order valence-electron chi connectivity index (χ4n) is 1.96. The van der Waals surface area contributed by atoms with Crippen molar-refractivity contribution < 1.29 is 4.79 Å². The summed E-state index contributed by atoms with van der Waals surface area (Å²) in [6, 6.07) is 1.77. The number of rotatable bonds is 2. The maximum Gasteiger partial charge on any atom is 0.254 e. The summed E-state index contributed by atoms with van der Waals surface area (Å²) in [7, 11) is 0. The van der Waals surface area contributed by atoms with Gasteiger partial charge in [-0.3, -0.25) is 4.79 Å². The summed E-state index contributed by atoms with van der Waals surface area (Å²) >= 11 is 1.40. The van der Waals surface area contributed by atoms with Crippen LogP contribution in [0.1, 0.15) is 42.5 Å². The monoisotopic (exact) mass is 223 g/mol. The summed E-state index contributed by atoms with van der Waals surface area (Å²) in [5.41, 5.74) is 6.22. The summed E-state index contributed by atoms with van der Waals surface area (Å²) in [6.07, 6.45) is 5.18. The van der Waals surface area contributed by atoms with E-state index in [-0.39, 0.29) is 5.91 Å². The van der Waals surface area contributed by atoms with Crippen LogP contribution in [-0.4, -0.2) is 11.6 Å². The van der Waals surface area contributed by atoms with Gasteiger partial charge in [0.15, 0.2) is 0 Å². The SMILES string of the molecule is NC1(NC(=O)c2[c]scc2)CCCCC1. The molecule has 0 spiro atoms. The molecule has 0 saturated heterocycles. The van der Waals surface area contributed by atoms with Crippen molar-refractivity contribution in [3.05, 3.63) is 22.4 Å². The Morgan fingerprint density at radius 1 is 1.47 bits per heavy atom. The van der Waals surface area contributed by atoms with Crippen molar-refractivity contribution in [1.29, 1.82) is 0 Å². The van der Waals surface area contributed by atoms with Gasteiger partial charge in [-0.05, 0) is 37.1 Å². The number of carbonyl (C=O) groups excluding carboxylic acids is 1. The number of thiophene rings is 1. The minimum absolute atomic E-state index is 0.0966. The van der Waals surface area contributed by atoms with Crippen LogP contribution in [0.2, 0.25) is 0 Å². The predicted molar refractivity (Wildman–Crippen MR) is 60.6 cm³/mol. The highest BCUT2D eigenvalue weighted by Gasteiger charge is 2.29. The Bertz CT molecular complexity index is 328. The molecular weight excluding hydrogens is 208 g/mol. The minimum atomic E-state index is -0.495. The second-order valence-corrected chi connectivity index (χ2v) is 4.82. The molecule has 15 heavy (non-hydrogen) atoms. The Kier molecular flexibility index (Phi) is 3.07. The highest BCUT2D eigenvalue weighted by atomic mass is 32.1. The molecule has 4 heteroatoms. The summed E-state index contributed by atoms with van der Waals surface area (Å²) < 4.78 is 0. The standard InChI is InChI=1S/C11H15N2OS/c12-11(5-2-1-3-6-11)13-10(14)9-4-7-15-8-9/h4,7H,1-3,5-6,12H2,(H,13,14). The lowest BCUT2D eigenvalue weighted by atomic mass is 9.89. The van der Waals surface area contributed by atoms with E-state index in [0.29, 0.717) is 5.56 Å². The molecule has 1 aromatic heterocycles. The van der Waals surface area contributed by atoms with E-state index in [2.05, 4.69) is 10.7 Å². The highest BCUT2D eigenvalue weighted by molar-refractivity contribution is 7.07. The van der Waals surface area contributed by atoms with Gasteiger partial charge in [0.1, 0.15) is 0 Å². The van der Waals surface area contributed by atoms with Crippen molar-refractivity contribution in [3.63, 3.8) is 0 Å². The Labute approximate surface area is 93.7 Å². The number of hydrogen-bond acceptors (Lipinski definition) is 3. The molecule has 1 heterocycles. The summed E-state index contributed by atoms with van der Waals surface area (Å²) in [6.45, 7) is 0. The van der Waals surface area contributed by atoms with Gasteiger partial charge in [-0.15, -0.1) is 11.3 Å². The molecular formula is C11H15N2OS. The van der Waals surface area contributed by atoms with E-state index < -0.39 is 5.66 Å². The van der Waals surface area contributed by atoms with Crippen molar-refractivity contribution in [2.24, 2.45) is 5.73 Å². The fraction of sp³-hybridized carbons (Fsp3) is 0.545. The average molecular weight is 223 g/mol. The number of nitrogens with two attached hydrogens (primary N) is 1. The Morgan fingerprint density at radius 2 is 2.20 bits per heavy atom. The average Bonchev–Trinajstić information content (AvgIpc) is 2.70. The maximum absolute atomic E-state index is 11.8. The first-order valence-corrected chi connectivity index (χ1v) is 6.14. The second kappa shape index (κ2) is 4.33. The molecule has 1 saturated carbocycles. The molecule has 2 rings (SSSR count). The molecule has 3 nitrogen and oxygen atoms in total. The van der Waals surface area contributed by atoms with Crippen molar-refractivity contribution >= 4 is 17.2 Å². The van der Waals surface area contributed by atoms with Crippen LogP contribution >= 0.6 is 11.3 Å². The van der Waals surface area contributed by atoms with E-state index in [1.807, 2.05) is 5.38 Å². The van der Waals surface area contributed by atoms with E-state index in [9.17, 15) is 4.79 Å². The lowest BCUT2D eigenvalue weighted by molar-refractivity contribution is 0.0874. The first kappa shape index (κ1) is 10.6. The van der Waals surface area contributed by atoms with E-state index >= 15 is 0 Å². The zero-order valence-electron chi connectivity index (χ0n) is 8.58. The molecule has 0 bridgehead atoms. The fourth-order valence-corrected chi connectivity index (χ4v) is 2.52. The van der Waals surface area contributed by atoms with Crippen molar-refractivity contribution in [2.75, 3.05) is 0 Å². The summed E-state index contributed by atoms with van der Waals surface area (Å²) in [4.78, 5) is 11.8. The molecule has 1 radical (unpaired) electrons. The van der Waals surface area contributed by atoms with Crippen LogP contribution in [-0.2, 0) is 0 Å². The number of carbonyl (C=O) groups is 1. The van der Waals surface area contributed by atoms with Gasteiger partial charge < -0.3 is 11.1 Å². The molecule has 81 valence electrons.